The van der Waals surface area contributed by atoms with E-state index in [-0.39, 0.29) is 34.7 Å². The van der Waals surface area contributed by atoms with Crippen LogP contribution in [0.5, 0.6) is 11.5 Å². The van der Waals surface area contributed by atoms with Gasteiger partial charge in [-0.3, -0.25) is 10.2 Å². The van der Waals surface area contributed by atoms with Crippen molar-refractivity contribution in [1.29, 1.82) is 5.41 Å². The second kappa shape index (κ2) is 12.9. The minimum Gasteiger partial charge on any atom is -0.494 e. The first kappa shape index (κ1) is 29.0. The molecule has 4 rings (SSSR count). The molecule has 1 unspecified atom stereocenters. The molecule has 1 saturated heterocycles. The lowest BCUT2D eigenvalue weighted by atomic mass is 9.98. The number of halogens is 3. The molecule has 3 N–H and O–H groups in total. The highest BCUT2D eigenvalue weighted by Gasteiger charge is 2.24. The molecule has 206 valence electrons. The van der Waals surface area contributed by atoms with Gasteiger partial charge in [0.2, 0.25) is 0 Å². The van der Waals surface area contributed by atoms with Crippen molar-refractivity contribution in [2.75, 3.05) is 62.8 Å². The molecule has 1 amide bonds. The summed E-state index contributed by atoms with van der Waals surface area (Å²) in [4.78, 5) is 17.6. The van der Waals surface area contributed by atoms with Crippen molar-refractivity contribution >= 4 is 57.1 Å². The molecule has 0 saturated carbocycles. The Kier molecular flexibility index (Phi) is 9.58. The van der Waals surface area contributed by atoms with Crippen LogP contribution in [0.4, 0.5) is 25.8 Å². The number of likely N-dealkylation sites (N-methyl/N-ethyl adjacent to an activating group) is 1. The van der Waals surface area contributed by atoms with Gasteiger partial charge in [-0.15, -0.1) is 0 Å². The van der Waals surface area contributed by atoms with Crippen LogP contribution < -0.4 is 24.8 Å². The number of carbonyl (C=O) groups excluding carboxylic acids is 1. The van der Waals surface area contributed by atoms with Crippen molar-refractivity contribution in [1.82, 2.24) is 4.90 Å². The van der Waals surface area contributed by atoms with Crippen LogP contribution in [0.15, 0.2) is 48.5 Å². The van der Waals surface area contributed by atoms with Crippen molar-refractivity contribution in [3.8, 4) is 22.6 Å². The standard InChI is InChI=1S/C27H29F2IN5O3P/c1-34-10-12-35(13-11-34)18-7-5-17(6-8-18)32-27(36)26(31)19-9-4-16(14-20(19)33-39-30)23-24(28)21(37-2)15-22(38-3)25(23)29/h4-9,14-15,31,33,39H,10-13H2,1-3H3,(H,32,36). The van der Waals surface area contributed by atoms with E-state index in [1.54, 1.807) is 0 Å². The third-order valence-corrected chi connectivity index (χ3v) is 7.73. The lowest BCUT2D eigenvalue weighted by Crippen LogP contribution is -2.44. The summed E-state index contributed by atoms with van der Waals surface area (Å²) >= 11 is 2.10. The van der Waals surface area contributed by atoms with Crippen LogP contribution in [0.1, 0.15) is 5.56 Å². The van der Waals surface area contributed by atoms with Crippen LogP contribution in [0.25, 0.3) is 11.1 Å². The van der Waals surface area contributed by atoms with E-state index in [9.17, 15) is 4.79 Å². The first-order valence-electron chi connectivity index (χ1n) is 12.1. The van der Waals surface area contributed by atoms with E-state index >= 15 is 8.78 Å². The molecule has 0 spiro atoms. The molecule has 1 fully saturated rings. The topological polar surface area (TPSA) is 89.9 Å². The van der Waals surface area contributed by atoms with E-state index in [0.717, 1.165) is 37.9 Å². The molecule has 0 aliphatic carbocycles. The first-order valence-corrected chi connectivity index (χ1v) is 16.2. The predicted molar refractivity (Wildman–Crippen MR) is 162 cm³/mol. The van der Waals surface area contributed by atoms with Crippen LogP contribution in [-0.4, -0.2) is 64.0 Å². The zero-order valence-electron chi connectivity index (χ0n) is 21.7. The van der Waals surface area contributed by atoms with Crippen LogP contribution in [-0.2, 0) is 4.79 Å². The summed E-state index contributed by atoms with van der Waals surface area (Å²) in [6.45, 7) is 3.86. The van der Waals surface area contributed by atoms with Gasteiger partial charge in [-0.2, -0.15) is 0 Å². The van der Waals surface area contributed by atoms with E-state index in [0.29, 0.717) is 16.9 Å². The van der Waals surface area contributed by atoms with E-state index in [1.807, 2.05) is 24.3 Å². The quantitative estimate of drug-likeness (QED) is 0.153. The van der Waals surface area contributed by atoms with Gasteiger partial charge in [-0.05, 0) is 71.1 Å². The van der Waals surface area contributed by atoms with Gasteiger partial charge in [0.05, 0.1) is 19.8 Å². The summed E-state index contributed by atoms with van der Waals surface area (Å²) < 4.78 is 40.3. The molecular formula is C27H29F2IN5O3P. The Hall–Kier alpha value is -3.02. The molecule has 1 aliphatic heterocycles. The highest BCUT2D eigenvalue weighted by Crippen LogP contribution is 2.40. The number of hydrogen-bond acceptors (Lipinski definition) is 7. The minimum absolute atomic E-state index is 0.164. The fourth-order valence-electron chi connectivity index (χ4n) is 4.35. The number of piperazine rings is 1. The van der Waals surface area contributed by atoms with Gasteiger partial charge >= 0.3 is 0 Å². The lowest BCUT2D eigenvalue weighted by molar-refractivity contribution is -0.110. The first-order chi connectivity index (χ1) is 18.8. The zero-order chi connectivity index (χ0) is 28.1. The molecule has 0 bridgehead atoms. The van der Waals surface area contributed by atoms with Gasteiger partial charge in [0, 0.05) is 61.2 Å². The molecule has 39 heavy (non-hydrogen) atoms. The fourth-order valence-corrected chi connectivity index (χ4v) is 5.53. The molecule has 0 aromatic heterocycles. The van der Waals surface area contributed by atoms with Crippen molar-refractivity contribution in [2.24, 2.45) is 0 Å². The molecule has 0 radical (unpaired) electrons. The maximum Gasteiger partial charge on any atom is 0.274 e. The Labute approximate surface area is 240 Å². The van der Waals surface area contributed by atoms with E-state index in [4.69, 9.17) is 14.9 Å². The summed E-state index contributed by atoms with van der Waals surface area (Å²) in [6, 6.07) is 13.1. The Morgan fingerprint density at radius 3 is 2.15 bits per heavy atom. The summed E-state index contributed by atoms with van der Waals surface area (Å²) in [7, 11) is 4.67. The number of rotatable bonds is 9. The third kappa shape index (κ3) is 6.42. The Bertz CT molecular complexity index is 1340. The van der Waals surface area contributed by atoms with Gasteiger partial charge in [0.1, 0.15) is 5.71 Å². The van der Waals surface area contributed by atoms with E-state index in [1.165, 1.54) is 32.4 Å². The van der Waals surface area contributed by atoms with Crippen LogP contribution >= 0.6 is 28.4 Å². The summed E-state index contributed by atoms with van der Waals surface area (Å²) in [5.74, 6) is -2.68. The largest absolute Gasteiger partial charge is 0.494 e. The van der Waals surface area contributed by atoms with Crippen LogP contribution in [0, 0.1) is 17.0 Å². The summed E-state index contributed by atoms with van der Waals surface area (Å²) in [5, 5.41) is 14.4. The Morgan fingerprint density at radius 1 is 0.974 bits per heavy atom. The molecule has 1 aliphatic rings. The van der Waals surface area contributed by atoms with E-state index in [2.05, 4.69) is 49.3 Å². The van der Waals surface area contributed by atoms with Crippen LogP contribution in [0.2, 0.25) is 0 Å². The van der Waals surface area contributed by atoms with Gasteiger partial charge < -0.3 is 29.7 Å². The number of nitrogens with zero attached hydrogens (tertiary/aromatic N) is 2. The summed E-state index contributed by atoms with van der Waals surface area (Å²) in [5.41, 5.74) is 1.93. The minimum atomic E-state index is -0.876. The molecular weight excluding hydrogens is 638 g/mol. The highest BCUT2D eigenvalue weighted by molar-refractivity contribution is 14.2. The number of amides is 1. The Morgan fingerprint density at radius 2 is 1.59 bits per heavy atom. The highest BCUT2D eigenvalue weighted by atomic mass is 127. The van der Waals surface area contributed by atoms with Crippen LogP contribution in [0.3, 0.4) is 0 Å². The second-order valence-corrected chi connectivity index (χ2v) is 11.0. The van der Waals surface area contributed by atoms with Gasteiger partial charge in [0.25, 0.3) is 5.91 Å². The Balaban J connectivity index is 1.57. The number of ether oxygens (including phenoxy) is 2. The fraction of sp³-hybridized carbons (Fsp3) is 0.259. The van der Waals surface area contributed by atoms with Gasteiger partial charge in [0.15, 0.2) is 23.1 Å². The summed E-state index contributed by atoms with van der Waals surface area (Å²) in [6.07, 6.45) is 0.181. The normalized spacial score (nSPS) is 13.9. The number of hydrogen-bond donors (Lipinski definition) is 3. The molecule has 3 aromatic carbocycles. The van der Waals surface area contributed by atoms with E-state index < -0.39 is 17.5 Å². The van der Waals surface area contributed by atoms with Crippen molar-refractivity contribution in [3.05, 3.63) is 65.7 Å². The van der Waals surface area contributed by atoms with Crippen molar-refractivity contribution in [2.45, 2.75) is 0 Å². The number of benzene rings is 3. The molecule has 1 heterocycles. The maximum absolute atomic E-state index is 15.1. The third-order valence-electron chi connectivity index (χ3n) is 6.55. The van der Waals surface area contributed by atoms with Crippen molar-refractivity contribution < 1.29 is 23.0 Å². The smallest absolute Gasteiger partial charge is 0.274 e. The maximum atomic E-state index is 15.1. The lowest BCUT2D eigenvalue weighted by Gasteiger charge is -2.34. The average Bonchev–Trinajstić information content (AvgIpc) is 2.94. The number of carbonyl (C=O) groups is 1. The van der Waals surface area contributed by atoms with Gasteiger partial charge in [-0.25, -0.2) is 8.78 Å². The predicted octanol–water partition coefficient (Wildman–Crippen LogP) is 5.76. The molecule has 8 nitrogen and oxygen atoms in total. The zero-order valence-corrected chi connectivity index (χ0v) is 24.9. The van der Waals surface area contributed by atoms with Gasteiger partial charge in [-0.1, -0.05) is 6.07 Å². The number of nitrogens with one attached hydrogen (secondary N) is 3. The van der Waals surface area contributed by atoms with Crippen molar-refractivity contribution in [3.63, 3.8) is 0 Å². The number of anilines is 3. The molecule has 1 atom stereocenters. The number of methoxy groups -OCH3 is 2. The monoisotopic (exact) mass is 667 g/mol. The second-order valence-electron chi connectivity index (χ2n) is 8.93. The molecule has 3 aromatic rings. The molecule has 12 heteroatoms. The SMILES string of the molecule is COc1cc(OC)c(F)c(-c2ccc(C(=N)C(=O)Nc3ccc(N4CCN(C)CC4)cc3)c(NPI)c2)c1F. The average molecular weight is 667 g/mol.